The molecule has 1 aromatic heterocycles. The van der Waals surface area contributed by atoms with Crippen LogP contribution in [0, 0.1) is 6.92 Å². The third-order valence-corrected chi connectivity index (χ3v) is 5.30. The van der Waals surface area contributed by atoms with Crippen molar-refractivity contribution in [2.75, 3.05) is 4.90 Å². The minimum absolute atomic E-state index is 0.0343. The van der Waals surface area contributed by atoms with Crippen LogP contribution in [0.4, 0.5) is 5.13 Å². The van der Waals surface area contributed by atoms with E-state index >= 15 is 0 Å². The van der Waals surface area contributed by atoms with Gasteiger partial charge < -0.3 is 0 Å². The lowest BCUT2D eigenvalue weighted by molar-refractivity contribution is 0.0985. The summed E-state index contributed by atoms with van der Waals surface area (Å²) in [7, 11) is 0. The molecule has 4 aromatic rings. The van der Waals surface area contributed by atoms with Crippen LogP contribution in [0.1, 0.15) is 21.5 Å². The highest BCUT2D eigenvalue weighted by atomic mass is 32.1. The Hall–Kier alpha value is -2.98. The molecular formula is C22H18N2OS. The van der Waals surface area contributed by atoms with E-state index in [2.05, 4.69) is 0 Å². The average molecular weight is 358 g/mol. The van der Waals surface area contributed by atoms with Gasteiger partial charge in [-0.2, -0.15) is 0 Å². The monoisotopic (exact) mass is 358 g/mol. The largest absolute Gasteiger partial charge is 0.279 e. The standard InChI is InChI=1S/C22H18N2OS/c1-16-11-13-18(14-12-16)21(25)24(15-17-7-3-2-4-8-17)22-23-19-9-5-6-10-20(19)26-22/h2-14H,15H2,1H3. The van der Waals surface area contributed by atoms with Crippen LogP contribution in [0.3, 0.4) is 0 Å². The van der Waals surface area contributed by atoms with Crippen LogP contribution >= 0.6 is 11.3 Å². The minimum Gasteiger partial charge on any atom is -0.279 e. The smallest absolute Gasteiger partial charge is 0.260 e. The average Bonchev–Trinajstić information content (AvgIpc) is 3.11. The number of rotatable bonds is 4. The number of carbonyl (C=O) groups is 1. The van der Waals surface area contributed by atoms with Crippen molar-refractivity contribution >= 4 is 32.6 Å². The first-order valence-corrected chi connectivity index (χ1v) is 9.30. The van der Waals surface area contributed by atoms with Crippen molar-refractivity contribution in [1.29, 1.82) is 0 Å². The normalized spacial score (nSPS) is 10.8. The van der Waals surface area contributed by atoms with E-state index in [0.717, 1.165) is 26.5 Å². The van der Waals surface area contributed by atoms with Crippen molar-refractivity contribution < 1.29 is 4.79 Å². The van der Waals surface area contributed by atoms with Crippen molar-refractivity contribution in [3.05, 3.63) is 95.6 Å². The highest BCUT2D eigenvalue weighted by Crippen LogP contribution is 2.30. The van der Waals surface area contributed by atoms with E-state index in [1.165, 1.54) is 0 Å². The maximum atomic E-state index is 13.2. The first-order valence-electron chi connectivity index (χ1n) is 8.49. The molecule has 4 rings (SSSR count). The van der Waals surface area contributed by atoms with E-state index in [0.29, 0.717) is 12.1 Å². The zero-order valence-corrected chi connectivity index (χ0v) is 15.2. The Morgan fingerprint density at radius 3 is 2.35 bits per heavy atom. The van der Waals surface area contributed by atoms with Crippen molar-refractivity contribution in [3.63, 3.8) is 0 Å². The van der Waals surface area contributed by atoms with Gasteiger partial charge in [-0.3, -0.25) is 9.69 Å². The van der Waals surface area contributed by atoms with Gasteiger partial charge in [-0.05, 0) is 36.8 Å². The number of carbonyl (C=O) groups excluding carboxylic acids is 1. The number of benzene rings is 3. The maximum absolute atomic E-state index is 13.2. The number of anilines is 1. The predicted octanol–water partition coefficient (Wildman–Crippen LogP) is 5.45. The zero-order chi connectivity index (χ0) is 17.9. The van der Waals surface area contributed by atoms with Gasteiger partial charge in [0.1, 0.15) is 0 Å². The van der Waals surface area contributed by atoms with Gasteiger partial charge in [-0.15, -0.1) is 0 Å². The summed E-state index contributed by atoms with van der Waals surface area (Å²) in [5.74, 6) is -0.0343. The summed E-state index contributed by atoms with van der Waals surface area (Å²) >= 11 is 1.54. The first kappa shape index (κ1) is 16.5. The van der Waals surface area contributed by atoms with E-state index < -0.39 is 0 Å². The molecule has 0 atom stereocenters. The van der Waals surface area contributed by atoms with E-state index in [4.69, 9.17) is 4.98 Å². The Kier molecular flexibility index (Phi) is 4.50. The molecule has 0 aliphatic heterocycles. The molecule has 128 valence electrons. The number of hydrogen-bond donors (Lipinski definition) is 0. The molecule has 0 aliphatic rings. The van der Waals surface area contributed by atoms with Gasteiger partial charge in [-0.1, -0.05) is 71.5 Å². The Bertz CT molecular complexity index is 1010. The number of amides is 1. The fraction of sp³-hybridized carbons (Fsp3) is 0.0909. The quantitative estimate of drug-likeness (QED) is 0.486. The van der Waals surface area contributed by atoms with Gasteiger partial charge in [0.2, 0.25) is 0 Å². The Morgan fingerprint density at radius 2 is 1.62 bits per heavy atom. The lowest BCUT2D eigenvalue weighted by Gasteiger charge is -2.20. The summed E-state index contributed by atoms with van der Waals surface area (Å²) in [5, 5.41) is 0.723. The Balaban J connectivity index is 1.75. The second-order valence-electron chi connectivity index (χ2n) is 6.21. The highest BCUT2D eigenvalue weighted by molar-refractivity contribution is 7.22. The van der Waals surface area contributed by atoms with E-state index in [1.54, 1.807) is 16.2 Å². The van der Waals surface area contributed by atoms with Crippen LogP contribution in [-0.2, 0) is 6.54 Å². The molecule has 26 heavy (non-hydrogen) atoms. The zero-order valence-electron chi connectivity index (χ0n) is 14.4. The van der Waals surface area contributed by atoms with E-state index in [9.17, 15) is 4.79 Å². The molecule has 3 nitrogen and oxygen atoms in total. The summed E-state index contributed by atoms with van der Waals surface area (Å²) in [6.45, 7) is 2.51. The van der Waals surface area contributed by atoms with Crippen molar-refractivity contribution in [1.82, 2.24) is 4.98 Å². The van der Waals surface area contributed by atoms with Gasteiger partial charge in [0.05, 0.1) is 16.8 Å². The molecule has 1 heterocycles. The van der Waals surface area contributed by atoms with Crippen LogP contribution in [0.25, 0.3) is 10.2 Å². The highest BCUT2D eigenvalue weighted by Gasteiger charge is 2.21. The third kappa shape index (κ3) is 3.37. The van der Waals surface area contributed by atoms with Crippen molar-refractivity contribution in [2.45, 2.75) is 13.5 Å². The predicted molar refractivity (Wildman–Crippen MR) is 108 cm³/mol. The molecule has 3 aromatic carbocycles. The first-order chi connectivity index (χ1) is 12.7. The van der Waals surface area contributed by atoms with Gasteiger partial charge in [0.15, 0.2) is 5.13 Å². The molecule has 4 heteroatoms. The molecule has 0 fully saturated rings. The molecule has 0 spiro atoms. The fourth-order valence-corrected chi connectivity index (χ4v) is 3.78. The van der Waals surface area contributed by atoms with Crippen LogP contribution in [0.2, 0.25) is 0 Å². The SMILES string of the molecule is Cc1ccc(C(=O)N(Cc2ccccc2)c2nc3ccccc3s2)cc1. The van der Waals surface area contributed by atoms with Crippen molar-refractivity contribution in [3.8, 4) is 0 Å². The Morgan fingerprint density at radius 1 is 0.923 bits per heavy atom. The molecule has 0 saturated carbocycles. The van der Waals surface area contributed by atoms with Crippen LogP contribution in [0.15, 0.2) is 78.9 Å². The van der Waals surface area contributed by atoms with Crippen molar-refractivity contribution in [2.24, 2.45) is 0 Å². The van der Waals surface area contributed by atoms with Crippen LogP contribution in [-0.4, -0.2) is 10.9 Å². The summed E-state index contributed by atoms with van der Waals surface area (Å²) < 4.78 is 1.08. The van der Waals surface area contributed by atoms with E-state index in [1.807, 2.05) is 85.8 Å². The van der Waals surface area contributed by atoms with Gasteiger partial charge in [0, 0.05) is 5.56 Å². The lowest BCUT2D eigenvalue weighted by atomic mass is 10.1. The molecular weight excluding hydrogens is 340 g/mol. The van der Waals surface area contributed by atoms with E-state index in [-0.39, 0.29) is 5.91 Å². The van der Waals surface area contributed by atoms with Crippen LogP contribution in [0.5, 0.6) is 0 Å². The number of hydrogen-bond acceptors (Lipinski definition) is 3. The summed E-state index contributed by atoms with van der Waals surface area (Å²) in [4.78, 5) is 19.7. The third-order valence-electron chi connectivity index (χ3n) is 4.24. The minimum atomic E-state index is -0.0343. The topological polar surface area (TPSA) is 33.2 Å². The molecule has 0 unspecified atom stereocenters. The number of aromatic nitrogens is 1. The van der Waals surface area contributed by atoms with Gasteiger partial charge in [-0.25, -0.2) is 4.98 Å². The van der Waals surface area contributed by atoms with Gasteiger partial charge >= 0.3 is 0 Å². The number of para-hydroxylation sites is 1. The molecule has 0 radical (unpaired) electrons. The van der Waals surface area contributed by atoms with Crippen LogP contribution < -0.4 is 4.90 Å². The second kappa shape index (κ2) is 7.10. The maximum Gasteiger partial charge on any atom is 0.260 e. The lowest BCUT2D eigenvalue weighted by Crippen LogP contribution is -2.30. The molecule has 0 N–H and O–H groups in total. The molecule has 1 amide bonds. The number of nitrogens with zero attached hydrogens (tertiary/aromatic N) is 2. The molecule has 0 saturated heterocycles. The summed E-state index contributed by atoms with van der Waals surface area (Å²) in [5.41, 5.74) is 3.80. The van der Waals surface area contributed by atoms with Gasteiger partial charge in [0.25, 0.3) is 5.91 Å². The number of fused-ring (bicyclic) bond motifs is 1. The fourth-order valence-electron chi connectivity index (χ4n) is 2.82. The number of thiazole rings is 1. The summed E-state index contributed by atoms with van der Waals surface area (Å²) in [6, 6.07) is 25.7. The molecule has 0 aliphatic carbocycles. The second-order valence-corrected chi connectivity index (χ2v) is 7.22. The number of aryl methyl sites for hydroxylation is 1. The molecule has 0 bridgehead atoms. The summed E-state index contributed by atoms with van der Waals surface area (Å²) in [6.07, 6.45) is 0. The Labute approximate surface area is 156 Å².